The van der Waals surface area contributed by atoms with E-state index in [2.05, 4.69) is 5.32 Å². The van der Waals surface area contributed by atoms with Crippen LogP contribution in [0.4, 0.5) is 4.39 Å². The summed E-state index contributed by atoms with van der Waals surface area (Å²) < 4.78 is 18.8. The van der Waals surface area contributed by atoms with Crippen molar-refractivity contribution in [2.24, 2.45) is 5.92 Å². The Morgan fingerprint density at radius 3 is 2.45 bits per heavy atom. The molecular weight excluding hydrogens is 332 g/mol. The first-order chi connectivity index (χ1) is 9.67. The van der Waals surface area contributed by atoms with Gasteiger partial charge in [0.15, 0.2) is 0 Å². The van der Waals surface area contributed by atoms with E-state index in [1.54, 1.807) is 0 Å². The van der Waals surface area contributed by atoms with Crippen LogP contribution in [0.5, 0.6) is 5.75 Å². The van der Waals surface area contributed by atoms with E-state index in [0.29, 0.717) is 0 Å². The second kappa shape index (κ2) is 8.56. The Hall–Kier alpha value is -1.04. The van der Waals surface area contributed by atoms with Crippen molar-refractivity contribution in [1.82, 2.24) is 5.32 Å². The quantitative estimate of drug-likeness (QED) is 0.724. The van der Waals surface area contributed by atoms with Crippen molar-refractivity contribution in [3.8, 4) is 5.75 Å². The highest BCUT2D eigenvalue weighted by Gasteiger charge is 2.38. The molecule has 126 valence electrons. The molecule has 0 bridgehead atoms. The van der Waals surface area contributed by atoms with Crippen LogP contribution >= 0.6 is 24.0 Å². The number of aliphatic carboxylic acids is 1. The van der Waals surface area contributed by atoms with E-state index in [1.807, 2.05) is 20.8 Å². The Morgan fingerprint density at radius 2 is 2.05 bits per heavy atom. The summed E-state index contributed by atoms with van der Waals surface area (Å²) in [6.07, 6.45) is 0.744. The van der Waals surface area contributed by atoms with Crippen molar-refractivity contribution in [3.05, 3.63) is 29.0 Å². The Labute approximate surface area is 141 Å². The lowest BCUT2D eigenvalue weighted by Gasteiger charge is -2.33. The highest BCUT2D eigenvalue weighted by atomic mass is 35.5. The van der Waals surface area contributed by atoms with Crippen molar-refractivity contribution in [2.75, 3.05) is 0 Å². The lowest BCUT2D eigenvalue weighted by atomic mass is 10.00. The molecule has 0 spiro atoms. The first-order valence-corrected chi connectivity index (χ1v) is 7.22. The normalized spacial score (nSPS) is 14.9. The number of hydrogen-bond donors (Lipinski definition) is 2. The van der Waals surface area contributed by atoms with Crippen molar-refractivity contribution < 1.29 is 19.0 Å². The average Bonchev–Trinajstić information content (AvgIpc) is 2.34. The minimum Gasteiger partial charge on any atom is -0.477 e. The number of rotatable bonds is 7. The summed E-state index contributed by atoms with van der Waals surface area (Å²) in [6.45, 7) is 7.34. The third-order valence-electron chi connectivity index (χ3n) is 3.27. The highest BCUT2D eigenvalue weighted by molar-refractivity contribution is 6.30. The van der Waals surface area contributed by atoms with E-state index < -0.39 is 17.5 Å². The van der Waals surface area contributed by atoms with Gasteiger partial charge in [-0.3, -0.25) is 5.32 Å². The monoisotopic (exact) mass is 353 g/mol. The molecule has 0 heterocycles. The van der Waals surface area contributed by atoms with E-state index in [1.165, 1.54) is 13.0 Å². The zero-order valence-corrected chi connectivity index (χ0v) is 14.6. The van der Waals surface area contributed by atoms with Crippen LogP contribution in [0.25, 0.3) is 0 Å². The summed E-state index contributed by atoms with van der Waals surface area (Å²) in [4.78, 5) is 11.6. The Balaban J connectivity index is 0.00000441. The van der Waals surface area contributed by atoms with Gasteiger partial charge < -0.3 is 9.84 Å². The van der Waals surface area contributed by atoms with Crippen LogP contribution in [0.3, 0.4) is 0 Å². The molecule has 4 nitrogen and oxygen atoms in total. The summed E-state index contributed by atoms with van der Waals surface area (Å²) in [7, 11) is 0. The zero-order chi connectivity index (χ0) is 16.2. The number of nitrogens with one attached hydrogen (secondary N) is 1. The summed E-state index contributed by atoms with van der Waals surface area (Å²) >= 11 is 5.75. The van der Waals surface area contributed by atoms with E-state index in [-0.39, 0.29) is 35.1 Å². The summed E-state index contributed by atoms with van der Waals surface area (Å²) in [6, 6.07) is 3.56. The van der Waals surface area contributed by atoms with Crippen molar-refractivity contribution >= 4 is 30.0 Å². The molecule has 1 rings (SSSR count). The molecule has 0 fully saturated rings. The number of ether oxygens (including phenoxy) is 1. The molecule has 0 amide bonds. The second-order valence-corrected chi connectivity index (χ2v) is 5.89. The number of carbonyl (C=O) groups is 1. The van der Waals surface area contributed by atoms with Gasteiger partial charge >= 0.3 is 5.97 Å². The molecule has 0 aliphatic carbocycles. The second-order valence-electron chi connectivity index (χ2n) is 5.45. The molecule has 2 N–H and O–H groups in total. The number of hydrogen-bond acceptors (Lipinski definition) is 3. The molecule has 22 heavy (non-hydrogen) atoms. The van der Waals surface area contributed by atoms with E-state index in [0.717, 1.165) is 18.6 Å². The molecule has 0 aliphatic rings. The molecule has 2 atom stereocenters. The van der Waals surface area contributed by atoms with Crippen molar-refractivity contribution in [1.29, 1.82) is 0 Å². The Morgan fingerprint density at radius 1 is 1.45 bits per heavy atom. The smallest absolute Gasteiger partial charge is 0.363 e. The number of benzene rings is 1. The predicted octanol–water partition coefficient (Wildman–Crippen LogP) is 4.10. The molecule has 1 aromatic carbocycles. The van der Waals surface area contributed by atoms with Gasteiger partial charge in [0.25, 0.3) is 5.72 Å². The topological polar surface area (TPSA) is 58.6 Å². The summed E-state index contributed by atoms with van der Waals surface area (Å²) in [5.41, 5.74) is -1.66. The van der Waals surface area contributed by atoms with Gasteiger partial charge in [-0.15, -0.1) is 12.4 Å². The third kappa shape index (κ3) is 5.63. The maximum Gasteiger partial charge on any atom is 0.363 e. The van der Waals surface area contributed by atoms with Gasteiger partial charge in [-0.2, -0.15) is 0 Å². The molecule has 0 aromatic heterocycles. The highest BCUT2D eigenvalue weighted by Crippen LogP contribution is 2.24. The van der Waals surface area contributed by atoms with Gasteiger partial charge in [-0.05, 0) is 24.5 Å². The van der Waals surface area contributed by atoms with Gasteiger partial charge in [0.05, 0.1) is 0 Å². The van der Waals surface area contributed by atoms with Crippen LogP contribution < -0.4 is 10.1 Å². The van der Waals surface area contributed by atoms with Gasteiger partial charge in [0.1, 0.15) is 11.6 Å². The molecule has 0 saturated carbocycles. The molecule has 0 saturated heterocycles. The SMILES string of the molecule is CC[C@@H](N[C@@](C)(Oc1cc(F)cc(Cl)c1)C(=O)O)C(C)C.Cl. The first kappa shape index (κ1) is 21.0. The van der Waals surface area contributed by atoms with Crippen LogP contribution in [0.2, 0.25) is 5.02 Å². The lowest BCUT2D eigenvalue weighted by Crippen LogP contribution is -2.59. The van der Waals surface area contributed by atoms with Crippen LogP contribution in [0.1, 0.15) is 34.1 Å². The van der Waals surface area contributed by atoms with Gasteiger partial charge in [-0.25, -0.2) is 9.18 Å². The Kier molecular flexibility index (Phi) is 8.15. The predicted molar refractivity (Wildman–Crippen MR) is 87.4 cm³/mol. The number of halogens is 3. The van der Waals surface area contributed by atoms with Gasteiger partial charge in [-0.1, -0.05) is 32.4 Å². The fraction of sp³-hybridized carbons (Fsp3) is 0.533. The van der Waals surface area contributed by atoms with E-state index >= 15 is 0 Å². The standard InChI is InChI=1S/C15H21ClFNO3.ClH/c1-5-13(9(2)3)18-15(4,14(19)20)21-12-7-10(16)6-11(17)8-12;/h6-9,13,18H,5H2,1-4H3,(H,19,20);1H/t13-,15+;/m1./s1. The van der Waals surface area contributed by atoms with Crippen molar-refractivity contribution in [3.63, 3.8) is 0 Å². The van der Waals surface area contributed by atoms with Gasteiger partial charge in [0.2, 0.25) is 0 Å². The average molecular weight is 354 g/mol. The molecule has 1 aromatic rings. The molecule has 7 heteroatoms. The maximum atomic E-state index is 13.3. The number of carboxylic acid groups (broad SMARTS) is 1. The first-order valence-electron chi connectivity index (χ1n) is 6.84. The number of carboxylic acids is 1. The molecule has 0 aliphatic heterocycles. The van der Waals surface area contributed by atoms with Crippen molar-refractivity contribution in [2.45, 2.75) is 45.9 Å². The van der Waals surface area contributed by atoms with E-state index in [9.17, 15) is 14.3 Å². The van der Waals surface area contributed by atoms with Gasteiger partial charge in [0, 0.05) is 24.1 Å². The lowest BCUT2D eigenvalue weighted by molar-refractivity contribution is -0.158. The largest absolute Gasteiger partial charge is 0.477 e. The maximum absolute atomic E-state index is 13.3. The summed E-state index contributed by atoms with van der Waals surface area (Å²) in [5.74, 6) is -1.47. The molecule has 0 unspecified atom stereocenters. The molecule has 0 radical (unpaired) electrons. The van der Waals surface area contributed by atoms with Crippen LogP contribution in [-0.4, -0.2) is 22.8 Å². The fourth-order valence-corrected chi connectivity index (χ4v) is 2.26. The zero-order valence-electron chi connectivity index (χ0n) is 13.0. The molecular formula is C15H22Cl2FNO3. The minimum atomic E-state index is -1.66. The third-order valence-corrected chi connectivity index (χ3v) is 3.49. The van der Waals surface area contributed by atoms with Crippen LogP contribution in [0, 0.1) is 11.7 Å². The van der Waals surface area contributed by atoms with E-state index in [4.69, 9.17) is 16.3 Å². The van der Waals surface area contributed by atoms with Crippen LogP contribution in [0.15, 0.2) is 18.2 Å². The summed E-state index contributed by atoms with van der Waals surface area (Å²) in [5, 5.41) is 12.6. The minimum absolute atomic E-state index is 0. The van der Waals surface area contributed by atoms with Crippen LogP contribution in [-0.2, 0) is 4.79 Å². The Bertz CT molecular complexity index is 493. The fourth-order valence-electron chi connectivity index (χ4n) is 2.05.